The molecule has 0 spiro atoms. The van der Waals surface area contributed by atoms with E-state index in [0.29, 0.717) is 24.9 Å². The summed E-state index contributed by atoms with van der Waals surface area (Å²) in [6, 6.07) is 16.7. The lowest BCUT2D eigenvalue weighted by atomic mass is 9.98. The van der Waals surface area contributed by atoms with Crippen molar-refractivity contribution in [3.63, 3.8) is 0 Å². The van der Waals surface area contributed by atoms with Crippen LogP contribution in [-0.2, 0) is 14.3 Å². The van der Waals surface area contributed by atoms with Gasteiger partial charge in [-0.3, -0.25) is 9.59 Å². The molecule has 61 heavy (non-hydrogen) atoms. The summed E-state index contributed by atoms with van der Waals surface area (Å²) in [5.41, 5.74) is 2.87. The van der Waals surface area contributed by atoms with Crippen molar-refractivity contribution in [1.29, 1.82) is 0 Å². The van der Waals surface area contributed by atoms with Crippen molar-refractivity contribution in [3.05, 3.63) is 60.2 Å². The van der Waals surface area contributed by atoms with Crippen LogP contribution >= 0.6 is 0 Å². The zero-order valence-corrected chi connectivity index (χ0v) is 37.0. The van der Waals surface area contributed by atoms with Crippen LogP contribution < -0.4 is 10.6 Å². The van der Waals surface area contributed by atoms with Gasteiger partial charge in [-0.2, -0.15) is 0 Å². The Morgan fingerprint density at radius 3 is 1.75 bits per heavy atom. The van der Waals surface area contributed by atoms with Crippen LogP contribution in [0.4, 0.5) is 0 Å². The van der Waals surface area contributed by atoms with E-state index in [1.807, 2.05) is 42.5 Å². The van der Waals surface area contributed by atoms with Gasteiger partial charge in [-0.1, -0.05) is 171 Å². The van der Waals surface area contributed by atoms with Crippen molar-refractivity contribution in [2.45, 2.75) is 204 Å². The Balaban J connectivity index is 1.29. The molecule has 1 aliphatic rings. The molecule has 12 nitrogen and oxygen atoms in total. The number of aliphatic hydroxyl groups excluding tert-OH is 6. The van der Waals surface area contributed by atoms with Gasteiger partial charge in [-0.05, 0) is 42.5 Å². The Morgan fingerprint density at radius 2 is 1.18 bits per heavy atom. The fourth-order valence-corrected chi connectivity index (χ4v) is 7.94. The maximum Gasteiger partial charge on any atom is 0.251 e. The lowest BCUT2D eigenvalue weighted by Gasteiger charge is -2.40. The van der Waals surface area contributed by atoms with Crippen LogP contribution in [0.5, 0.6) is 0 Å². The lowest BCUT2D eigenvalue weighted by Crippen LogP contribution is -2.60. The third kappa shape index (κ3) is 20.9. The molecule has 346 valence electrons. The Bertz CT molecular complexity index is 1410. The van der Waals surface area contributed by atoms with Crippen LogP contribution in [0.3, 0.4) is 0 Å². The van der Waals surface area contributed by atoms with Gasteiger partial charge in [-0.25, -0.2) is 0 Å². The predicted octanol–water partition coefficient (Wildman–Crippen LogP) is 7.10. The summed E-state index contributed by atoms with van der Waals surface area (Å²) in [5, 5.41) is 68.2. The Labute approximate surface area is 365 Å². The highest BCUT2D eigenvalue weighted by Gasteiger charge is 2.44. The summed E-state index contributed by atoms with van der Waals surface area (Å²) in [5.74, 6) is -0.348. The minimum Gasteiger partial charge on any atom is -0.394 e. The lowest BCUT2D eigenvalue weighted by molar-refractivity contribution is -0.303. The van der Waals surface area contributed by atoms with Crippen LogP contribution in [-0.4, -0.2) is 111 Å². The molecule has 3 unspecified atom stereocenters. The maximum absolute atomic E-state index is 13.0. The summed E-state index contributed by atoms with van der Waals surface area (Å²) < 4.78 is 11.1. The van der Waals surface area contributed by atoms with Gasteiger partial charge in [0, 0.05) is 18.5 Å². The largest absolute Gasteiger partial charge is 0.394 e. The van der Waals surface area contributed by atoms with E-state index in [2.05, 4.69) is 29.7 Å². The van der Waals surface area contributed by atoms with E-state index in [4.69, 9.17) is 9.47 Å². The average Bonchev–Trinajstić information content (AvgIpc) is 3.28. The molecule has 12 heteroatoms. The highest BCUT2D eigenvalue weighted by Crippen LogP contribution is 2.23. The number of carbonyl (C=O) groups excluding carboxylic acids is 2. The minimum absolute atomic E-state index is 0.0518. The average molecular weight is 857 g/mol. The zero-order valence-electron chi connectivity index (χ0n) is 37.0. The quantitative estimate of drug-likeness (QED) is 0.0336. The van der Waals surface area contributed by atoms with E-state index >= 15 is 0 Å². The van der Waals surface area contributed by atoms with Crippen LogP contribution in [0.2, 0.25) is 0 Å². The van der Waals surface area contributed by atoms with Gasteiger partial charge in [0.15, 0.2) is 6.29 Å². The minimum atomic E-state index is -1.63. The van der Waals surface area contributed by atoms with Crippen molar-refractivity contribution < 1.29 is 49.7 Å². The van der Waals surface area contributed by atoms with Gasteiger partial charge >= 0.3 is 0 Å². The van der Waals surface area contributed by atoms with E-state index < -0.39 is 55.6 Å². The van der Waals surface area contributed by atoms with Crippen molar-refractivity contribution in [3.8, 4) is 11.1 Å². The van der Waals surface area contributed by atoms with Crippen LogP contribution in [0.1, 0.15) is 165 Å². The first kappa shape index (κ1) is 52.4. The number of amides is 2. The fraction of sp³-hybridized carbons (Fsp3) is 0.714. The molecule has 2 amide bonds. The zero-order chi connectivity index (χ0) is 44.1. The van der Waals surface area contributed by atoms with Crippen molar-refractivity contribution in [2.75, 3.05) is 19.8 Å². The molecule has 1 aliphatic heterocycles. The van der Waals surface area contributed by atoms with Crippen molar-refractivity contribution in [1.82, 2.24) is 10.6 Å². The second kappa shape index (κ2) is 31.8. The molecule has 0 aliphatic carbocycles. The number of hydrogen-bond donors (Lipinski definition) is 8. The summed E-state index contributed by atoms with van der Waals surface area (Å²) in [7, 11) is 0. The molecule has 8 atom stereocenters. The molecule has 2 aromatic rings. The number of unbranched alkanes of at least 4 members (excludes halogenated alkanes) is 19. The topological polar surface area (TPSA) is 198 Å². The Hall–Kier alpha value is -2.94. The number of hydrogen-bond acceptors (Lipinski definition) is 10. The maximum atomic E-state index is 13.0. The highest BCUT2D eigenvalue weighted by atomic mass is 16.7. The number of ether oxygens (including phenoxy) is 2. The summed E-state index contributed by atoms with van der Waals surface area (Å²) in [6.45, 7) is 1.94. The Kier molecular flexibility index (Phi) is 27.3. The summed E-state index contributed by atoms with van der Waals surface area (Å²) in [6.07, 6.45) is 13.8. The monoisotopic (exact) mass is 857 g/mol. The molecule has 0 saturated carbocycles. The molecule has 3 rings (SSSR count). The van der Waals surface area contributed by atoms with Gasteiger partial charge in [0.2, 0.25) is 5.91 Å². The second-order valence-corrected chi connectivity index (χ2v) is 17.1. The second-order valence-electron chi connectivity index (χ2n) is 17.1. The van der Waals surface area contributed by atoms with E-state index in [1.54, 1.807) is 0 Å². The van der Waals surface area contributed by atoms with E-state index in [9.17, 15) is 40.2 Å². The molecule has 1 saturated heterocycles. The number of nitrogens with one attached hydrogen (secondary N) is 2. The molecule has 0 bridgehead atoms. The number of rotatable bonds is 34. The van der Waals surface area contributed by atoms with Gasteiger partial charge in [0.25, 0.3) is 5.91 Å². The van der Waals surface area contributed by atoms with Gasteiger partial charge in [0.05, 0.1) is 25.4 Å². The first-order valence-electron chi connectivity index (χ1n) is 23.7. The van der Waals surface area contributed by atoms with Gasteiger partial charge < -0.3 is 50.7 Å². The molecule has 1 heterocycles. The molecule has 8 N–H and O–H groups in total. The smallest absolute Gasteiger partial charge is 0.251 e. The highest BCUT2D eigenvalue weighted by molar-refractivity contribution is 5.94. The molecule has 2 aromatic carbocycles. The molecular formula is C49H80N2O10. The molecule has 1 fully saturated rings. The third-order valence-electron chi connectivity index (χ3n) is 11.9. The summed E-state index contributed by atoms with van der Waals surface area (Å²) >= 11 is 0. The van der Waals surface area contributed by atoms with Gasteiger partial charge in [0.1, 0.15) is 30.5 Å². The number of aliphatic hydroxyl groups is 6. The van der Waals surface area contributed by atoms with E-state index in [0.717, 1.165) is 88.2 Å². The molecular weight excluding hydrogens is 777 g/mol. The van der Waals surface area contributed by atoms with Gasteiger partial charge in [-0.15, -0.1) is 0 Å². The third-order valence-corrected chi connectivity index (χ3v) is 11.9. The van der Waals surface area contributed by atoms with E-state index in [1.165, 1.54) is 51.4 Å². The van der Waals surface area contributed by atoms with Crippen LogP contribution in [0, 0.1) is 0 Å². The van der Waals surface area contributed by atoms with Crippen molar-refractivity contribution in [2.24, 2.45) is 0 Å². The Morgan fingerprint density at radius 1 is 0.656 bits per heavy atom. The SMILES string of the molecule is CCCCCCCCCCCCCCC(O)C(O)C(CO[C@H]1O[C@H](CO)[C@H](O)[C@H](O)[C@H]1O)NC(=O)CCCCCCCCCCCNC(=O)c1ccc(-c2ccccc2)cc1. The molecule has 0 aromatic heterocycles. The predicted molar refractivity (Wildman–Crippen MR) is 240 cm³/mol. The molecule has 0 radical (unpaired) electrons. The van der Waals surface area contributed by atoms with Crippen LogP contribution in [0.15, 0.2) is 54.6 Å². The van der Waals surface area contributed by atoms with Crippen LogP contribution in [0.25, 0.3) is 11.1 Å². The van der Waals surface area contributed by atoms with E-state index in [-0.39, 0.29) is 24.8 Å². The van der Waals surface area contributed by atoms with Crippen molar-refractivity contribution >= 4 is 11.8 Å². The number of benzene rings is 2. The first-order chi connectivity index (χ1) is 29.7. The fourth-order valence-electron chi connectivity index (χ4n) is 7.94. The first-order valence-corrected chi connectivity index (χ1v) is 23.7. The normalized spacial score (nSPS) is 20.5. The standard InChI is InChI=1S/C49H80N2O10/c1-2-3-4-5-6-7-8-9-11-14-17-23-28-41(53)44(55)40(36-60-49-47(58)46(57)45(56)42(35-52)61-49)51-43(54)29-24-18-15-12-10-13-16-19-25-34-50-48(59)39-32-30-38(31-33-39)37-26-21-20-22-27-37/h20-22,26-27,30-33,40-42,44-47,49,52-53,55-58H,2-19,23-25,28-29,34-36H2,1H3,(H,50,59)(H,51,54)/t40?,41?,42-,44?,45+,46+,47-,49+/m1/s1. The number of carbonyl (C=O) groups is 2. The summed E-state index contributed by atoms with van der Waals surface area (Å²) in [4.78, 5) is 25.6.